The van der Waals surface area contributed by atoms with Crippen molar-refractivity contribution >= 4 is 23.0 Å². The Morgan fingerprint density at radius 2 is 1.65 bits per heavy atom. The Bertz CT molecular complexity index is 489. The summed E-state index contributed by atoms with van der Waals surface area (Å²) in [5.74, 6) is -0.777. The Kier molecular flexibility index (Phi) is 3.69. The lowest BCUT2D eigenvalue weighted by atomic mass is 10.2. The van der Waals surface area contributed by atoms with Crippen LogP contribution in [0, 0.1) is 20.2 Å². The van der Waals surface area contributed by atoms with E-state index >= 15 is 0 Å². The summed E-state index contributed by atoms with van der Waals surface area (Å²) < 4.78 is 9.41. The van der Waals surface area contributed by atoms with Crippen LogP contribution < -0.4 is 9.47 Å². The molecule has 0 atom stereocenters. The van der Waals surface area contributed by atoms with E-state index < -0.39 is 27.0 Å². The number of halogens is 1. The van der Waals surface area contributed by atoms with Crippen LogP contribution in [0.25, 0.3) is 0 Å². The van der Waals surface area contributed by atoms with Crippen molar-refractivity contribution in [2.24, 2.45) is 0 Å². The van der Waals surface area contributed by atoms with Gasteiger partial charge >= 0.3 is 11.4 Å². The van der Waals surface area contributed by atoms with Gasteiger partial charge in [-0.1, -0.05) is 11.6 Å². The summed E-state index contributed by atoms with van der Waals surface area (Å²) >= 11 is 5.66. The quantitative estimate of drug-likeness (QED) is 0.608. The molecule has 0 spiro atoms. The highest BCUT2D eigenvalue weighted by Gasteiger charge is 2.33. The molecule has 0 radical (unpaired) electrons. The van der Waals surface area contributed by atoms with Gasteiger partial charge in [0.2, 0.25) is 5.75 Å². The number of nitro benzene ring substituents is 2. The Hall–Kier alpha value is -2.09. The zero-order chi connectivity index (χ0) is 13.2. The maximum Gasteiger partial charge on any atom is 0.361 e. The Labute approximate surface area is 100.0 Å². The van der Waals surface area contributed by atoms with Crippen LogP contribution in [0.2, 0.25) is 5.02 Å². The highest BCUT2D eigenvalue weighted by atomic mass is 35.5. The van der Waals surface area contributed by atoms with E-state index in [2.05, 4.69) is 4.74 Å². The molecule has 0 saturated heterocycles. The second kappa shape index (κ2) is 4.83. The fourth-order valence-corrected chi connectivity index (χ4v) is 1.56. The topological polar surface area (TPSA) is 105 Å². The molecule has 0 saturated carbocycles. The molecule has 0 bridgehead atoms. The van der Waals surface area contributed by atoms with Crippen LogP contribution in [0.4, 0.5) is 11.4 Å². The van der Waals surface area contributed by atoms with Crippen LogP contribution in [-0.2, 0) is 0 Å². The highest BCUT2D eigenvalue weighted by Crippen LogP contribution is 2.47. The molecule has 17 heavy (non-hydrogen) atoms. The summed E-state index contributed by atoms with van der Waals surface area (Å²) in [6, 6.07) is 0.937. The van der Waals surface area contributed by atoms with Crippen molar-refractivity contribution in [3.05, 3.63) is 31.3 Å². The number of nitro groups is 2. The maximum atomic E-state index is 10.9. The van der Waals surface area contributed by atoms with Gasteiger partial charge in [0.25, 0.3) is 5.75 Å². The monoisotopic (exact) mass is 262 g/mol. The third-order valence-electron chi connectivity index (χ3n) is 1.93. The van der Waals surface area contributed by atoms with Crippen molar-refractivity contribution in [1.29, 1.82) is 0 Å². The molecule has 0 fully saturated rings. The van der Waals surface area contributed by atoms with E-state index in [1.54, 1.807) is 0 Å². The minimum atomic E-state index is -0.851. The van der Waals surface area contributed by atoms with Crippen molar-refractivity contribution in [2.45, 2.75) is 0 Å². The molecule has 1 aromatic rings. The Morgan fingerprint density at radius 1 is 1.12 bits per heavy atom. The number of ether oxygens (including phenoxy) is 2. The number of nitrogens with zero attached hydrogens (tertiary/aromatic N) is 2. The van der Waals surface area contributed by atoms with Crippen LogP contribution in [0.3, 0.4) is 0 Å². The largest absolute Gasteiger partial charge is 0.489 e. The minimum Gasteiger partial charge on any atom is -0.489 e. The third kappa shape index (κ3) is 2.21. The first-order chi connectivity index (χ1) is 7.93. The average Bonchev–Trinajstić information content (AvgIpc) is 2.26. The summed E-state index contributed by atoms with van der Waals surface area (Å²) in [5, 5.41) is 21.3. The van der Waals surface area contributed by atoms with E-state index in [1.807, 2.05) is 0 Å². The average molecular weight is 263 g/mol. The predicted molar refractivity (Wildman–Crippen MR) is 57.9 cm³/mol. The van der Waals surface area contributed by atoms with Gasteiger partial charge in [-0.05, 0) is 0 Å². The van der Waals surface area contributed by atoms with Gasteiger partial charge in [0, 0.05) is 6.07 Å². The lowest BCUT2D eigenvalue weighted by molar-refractivity contribution is -0.396. The SMILES string of the molecule is COc1c(Cl)cc([N+](=O)[O-])c(OC)c1[N+](=O)[O-]. The van der Waals surface area contributed by atoms with E-state index in [1.165, 1.54) is 7.11 Å². The molecule has 1 aromatic carbocycles. The van der Waals surface area contributed by atoms with Gasteiger partial charge in [-0.3, -0.25) is 20.2 Å². The highest BCUT2D eigenvalue weighted by molar-refractivity contribution is 6.32. The number of hydrogen-bond acceptors (Lipinski definition) is 6. The fraction of sp³-hybridized carbons (Fsp3) is 0.250. The number of hydrogen-bond donors (Lipinski definition) is 0. The predicted octanol–water partition coefficient (Wildman–Crippen LogP) is 2.17. The van der Waals surface area contributed by atoms with Gasteiger partial charge in [0.15, 0.2) is 0 Å². The van der Waals surface area contributed by atoms with Crippen molar-refractivity contribution in [3.63, 3.8) is 0 Å². The third-order valence-corrected chi connectivity index (χ3v) is 2.21. The smallest absolute Gasteiger partial charge is 0.361 e. The summed E-state index contributed by atoms with van der Waals surface area (Å²) in [7, 11) is 2.25. The molecule has 92 valence electrons. The van der Waals surface area contributed by atoms with Gasteiger partial charge < -0.3 is 9.47 Å². The van der Waals surface area contributed by atoms with E-state index in [0.29, 0.717) is 0 Å². The molecule has 0 unspecified atom stereocenters. The van der Waals surface area contributed by atoms with E-state index in [4.69, 9.17) is 16.3 Å². The second-order valence-corrected chi connectivity index (χ2v) is 3.21. The number of methoxy groups -OCH3 is 2. The van der Waals surface area contributed by atoms with Gasteiger partial charge in [0.1, 0.15) is 0 Å². The molecule has 0 amide bonds. The van der Waals surface area contributed by atoms with Gasteiger partial charge in [-0.15, -0.1) is 0 Å². The van der Waals surface area contributed by atoms with Crippen LogP contribution in [0.15, 0.2) is 6.07 Å². The van der Waals surface area contributed by atoms with E-state index in [0.717, 1.165) is 13.2 Å². The molecular formula is C8H7ClN2O6. The van der Waals surface area contributed by atoms with Crippen molar-refractivity contribution in [2.75, 3.05) is 14.2 Å². The van der Waals surface area contributed by atoms with Crippen molar-refractivity contribution < 1.29 is 19.3 Å². The Morgan fingerprint density at radius 3 is 2.00 bits per heavy atom. The molecule has 1 rings (SSSR count). The minimum absolute atomic E-state index is 0.230. The molecule has 8 nitrogen and oxygen atoms in total. The number of benzene rings is 1. The van der Waals surface area contributed by atoms with Gasteiger partial charge in [0.05, 0.1) is 29.1 Å². The summed E-state index contributed by atoms with van der Waals surface area (Å²) in [4.78, 5) is 19.9. The lowest BCUT2D eigenvalue weighted by Crippen LogP contribution is -2.02. The van der Waals surface area contributed by atoms with Crippen molar-refractivity contribution in [3.8, 4) is 11.5 Å². The molecule has 0 N–H and O–H groups in total. The molecule has 0 heterocycles. The molecular weight excluding hydrogens is 256 g/mol. The van der Waals surface area contributed by atoms with E-state index in [-0.39, 0.29) is 10.8 Å². The van der Waals surface area contributed by atoms with Gasteiger partial charge in [-0.25, -0.2) is 0 Å². The number of rotatable bonds is 4. The molecule has 0 aliphatic carbocycles. The zero-order valence-electron chi connectivity index (χ0n) is 8.80. The second-order valence-electron chi connectivity index (χ2n) is 2.81. The van der Waals surface area contributed by atoms with Crippen molar-refractivity contribution in [1.82, 2.24) is 0 Å². The molecule has 9 heteroatoms. The molecule has 0 aliphatic rings. The summed E-state index contributed by atoms with van der Waals surface area (Å²) in [6.07, 6.45) is 0. The zero-order valence-corrected chi connectivity index (χ0v) is 9.56. The summed E-state index contributed by atoms with van der Waals surface area (Å²) in [5.41, 5.74) is -1.26. The standard InChI is InChI=1S/C8H7ClN2O6/c1-16-7-4(9)3-5(10(12)13)8(17-2)6(7)11(14)15/h3H,1-2H3. The Balaban J connectivity index is 3.71. The maximum absolute atomic E-state index is 10.9. The summed E-state index contributed by atoms with van der Waals surface area (Å²) in [6.45, 7) is 0. The van der Waals surface area contributed by atoms with Gasteiger partial charge in [-0.2, -0.15) is 0 Å². The fourth-order valence-electron chi connectivity index (χ4n) is 1.29. The van der Waals surface area contributed by atoms with Crippen LogP contribution >= 0.6 is 11.6 Å². The first kappa shape index (κ1) is 13.0. The first-order valence-electron chi connectivity index (χ1n) is 4.17. The normalized spacial score (nSPS) is 9.82. The van der Waals surface area contributed by atoms with Crippen LogP contribution in [-0.4, -0.2) is 24.1 Å². The van der Waals surface area contributed by atoms with Crippen LogP contribution in [0.1, 0.15) is 0 Å². The first-order valence-corrected chi connectivity index (χ1v) is 4.55. The van der Waals surface area contributed by atoms with E-state index in [9.17, 15) is 20.2 Å². The molecule has 0 aliphatic heterocycles. The lowest BCUT2D eigenvalue weighted by Gasteiger charge is -2.08. The van der Waals surface area contributed by atoms with Crippen LogP contribution in [0.5, 0.6) is 11.5 Å². The molecule has 0 aromatic heterocycles.